The molecule has 31 heavy (non-hydrogen) atoms. The molecule has 0 bridgehead atoms. The van der Waals surface area contributed by atoms with E-state index in [0.717, 1.165) is 5.56 Å². The van der Waals surface area contributed by atoms with Crippen molar-refractivity contribution in [1.29, 1.82) is 0 Å². The minimum atomic E-state index is -1.04. The summed E-state index contributed by atoms with van der Waals surface area (Å²) in [6, 6.07) is 12.9. The van der Waals surface area contributed by atoms with E-state index in [-0.39, 0.29) is 18.9 Å². The van der Waals surface area contributed by atoms with Crippen molar-refractivity contribution in [2.45, 2.75) is 39.0 Å². The molecule has 2 atom stereocenters. The molecule has 166 valence electrons. The first kappa shape index (κ1) is 23.9. The number of rotatable bonds is 9. The van der Waals surface area contributed by atoms with Gasteiger partial charge in [-0.05, 0) is 29.2 Å². The van der Waals surface area contributed by atoms with Crippen molar-refractivity contribution in [2.24, 2.45) is 5.92 Å². The van der Waals surface area contributed by atoms with Crippen LogP contribution in [0.15, 0.2) is 54.6 Å². The monoisotopic (exact) mass is 430 g/mol. The fourth-order valence-electron chi connectivity index (χ4n) is 2.92. The van der Waals surface area contributed by atoms with Crippen LogP contribution in [-0.4, -0.2) is 37.2 Å². The average Bonchev–Trinajstić information content (AvgIpc) is 2.75. The number of carbonyl (C=O) groups is 3. The first-order valence-electron chi connectivity index (χ1n) is 9.90. The summed E-state index contributed by atoms with van der Waals surface area (Å²) in [4.78, 5) is 37.2. The zero-order valence-electron chi connectivity index (χ0n) is 17.8. The standard InChI is InChI=1S/C23H27FN2O5/c1-15(2)20(26-23(29)31-14-16-8-5-4-6-9-16)21(27)25-19(22(28)30-3)13-17-10-7-11-18(24)12-17/h4-12,15,19-20H,13-14H2,1-3H3,(H,25,27)(H,26,29)/t19-,20+/m0/s1. The zero-order chi connectivity index (χ0) is 22.8. The Morgan fingerprint density at radius 2 is 1.65 bits per heavy atom. The molecule has 7 nitrogen and oxygen atoms in total. The van der Waals surface area contributed by atoms with Gasteiger partial charge >= 0.3 is 12.1 Å². The summed E-state index contributed by atoms with van der Waals surface area (Å²) in [5, 5.41) is 5.13. The van der Waals surface area contributed by atoms with Crippen molar-refractivity contribution in [3.8, 4) is 0 Å². The fourth-order valence-corrected chi connectivity index (χ4v) is 2.92. The maximum atomic E-state index is 13.5. The van der Waals surface area contributed by atoms with Crippen LogP contribution in [0.2, 0.25) is 0 Å². The van der Waals surface area contributed by atoms with E-state index in [1.165, 1.54) is 25.3 Å². The van der Waals surface area contributed by atoms with E-state index < -0.39 is 35.9 Å². The molecule has 2 aromatic carbocycles. The van der Waals surface area contributed by atoms with E-state index in [1.807, 2.05) is 30.3 Å². The molecule has 0 saturated carbocycles. The van der Waals surface area contributed by atoms with Crippen LogP contribution < -0.4 is 10.6 Å². The molecule has 0 aliphatic rings. The highest BCUT2D eigenvalue weighted by atomic mass is 19.1. The van der Waals surface area contributed by atoms with Gasteiger partial charge in [-0.3, -0.25) is 4.79 Å². The molecule has 0 heterocycles. The van der Waals surface area contributed by atoms with Gasteiger partial charge in [0.25, 0.3) is 0 Å². The maximum Gasteiger partial charge on any atom is 0.408 e. The van der Waals surface area contributed by atoms with Crippen molar-refractivity contribution >= 4 is 18.0 Å². The predicted molar refractivity (Wildman–Crippen MR) is 112 cm³/mol. The first-order valence-corrected chi connectivity index (χ1v) is 9.90. The van der Waals surface area contributed by atoms with Crippen LogP contribution in [0.3, 0.4) is 0 Å². The molecule has 2 N–H and O–H groups in total. The number of halogens is 1. The zero-order valence-corrected chi connectivity index (χ0v) is 17.8. The van der Waals surface area contributed by atoms with E-state index in [4.69, 9.17) is 9.47 Å². The summed E-state index contributed by atoms with van der Waals surface area (Å²) in [5.41, 5.74) is 1.33. The van der Waals surface area contributed by atoms with Gasteiger partial charge in [0.05, 0.1) is 7.11 Å². The summed E-state index contributed by atoms with van der Waals surface area (Å²) in [6.07, 6.45) is -0.711. The quantitative estimate of drug-likeness (QED) is 0.597. The Hall–Kier alpha value is -3.42. The number of benzene rings is 2. The minimum absolute atomic E-state index is 0.0411. The Labute approximate surface area is 180 Å². The summed E-state index contributed by atoms with van der Waals surface area (Å²) in [7, 11) is 1.20. The first-order chi connectivity index (χ1) is 14.8. The lowest BCUT2D eigenvalue weighted by Gasteiger charge is -2.24. The normalized spacial score (nSPS) is 12.5. The molecule has 0 aliphatic carbocycles. The number of nitrogens with one attached hydrogen (secondary N) is 2. The van der Waals surface area contributed by atoms with Crippen LogP contribution in [0.5, 0.6) is 0 Å². The molecule has 0 spiro atoms. The molecule has 0 aromatic heterocycles. The van der Waals surface area contributed by atoms with Crippen LogP contribution in [0.4, 0.5) is 9.18 Å². The van der Waals surface area contributed by atoms with Crippen molar-refractivity contribution in [3.05, 3.63) is 71.5 Å². The minimum Gasteiger partial charge on any atom is -0.467 e. The van der Waals surface area contributed by atoms with E-state index in [0.29, 0.717) is 5.56 Å². The van der Waals surface area contributed by atoms with Crippen molar-refractivity contribution in [2.75, 3.05) is 7.11 Å². The molecule has 2 rings (SSSR count). The maximum absolute atomic E-state index is 13.5. The van der Waals surface area contributed by atoms with E-state index in [1.54, 1.807) is 19.9 Å². The summed E-state index contributed by atoms with van der Waals surface area (Å²) < 4.78 is 23.4. The lowest BCUT2D eigenvalue weighted by atomic mass is 10.0. The molecule has 0 aliphatic heterocycles. The number of methoxy groups -OCH3 is 1. The van der Waals surface area contributed by atoms with E-state index in [9.17, 15) is 18.8 Å². The molecule has 2 amide bonds. The topological polar surface area (TPSA) is 93.7 Å². The van der Waals surface area contributed by atoms with Gasteiger partial charge in [-0.25, -0.2) is 14.0 Å². The van der Waals surface area contributed by atoms with Crippen LogP contribution in [0.25, 0.3) is 0 Å². The highest BCUT2D eigenvalue weighted by Gasteiger charge is 2.30. The van der Waals surface area contributed by atoms with Crippen LogP contribution in [-0.2, 0) is 32.1 Å². The predicted octanol–water partition coefficient (Wildman–Crippen LogP) is 2.98. The van der Waals surface area contributed by atoms with Gasteiger partial charge in [0.15, 0.2) is 0 Å². The molecule has 0 saturated heterocycles. The number of ether oxygens (including phenoxy) is 2. The van der Waals surface area contributed by atoms with E-state index in [2.05, 4.69) is 10.6 Å². The second kappa shape index (κ2) is 11.7. The lowest BCUT2D eigenvalue weighted by Crippen LogP contribution is -2.54. The van der Waals surface area contributed by atoms with Gasteiger partial charge in [0, 0.05) is 6.42 Å². The number of esters is 1. The van der Waals surface area contributed by atoms with Crippen molar-refractivity contribution in [1.82, 2.24) is 10.6 Å². The SMILES string of the molecule is COC(=O)[C@H](Cc1cccc(F)c1)NC(=O)[C@H](NC(=O)OCc1ccccc1)C(C)C. The van der Waals surface area contributed by atoms with Gasteiger partial charge in [-0.15, -0.1) is 0 Å². The molecule has 2 aromatic rings. The Morgan fingerprint density at radius 3 is 2.26 bits per heavy atom. The number of carbonyl (C=O) groups excluding carboxylic acids is 3. The third-order valence-corrected chi connectivity index (χ3v) is 4.57. The van der Waals surface area contributed by atoms with Gasteiger partial charge < -0.3 is 20.1 Å². The Morgan fingerprint density at radius 1 is 0.968 bits per heavy atom. The summed E-state index contributed by atoms with van der Waals surface area (Å²) >= 11 is 0. The van der Waals surface area contributed by atoms with Gasteiger partial charge in [-0.2, -0.15) is 0 Å². The molecular weight excluding hydrogens is 403 g/mol. The molecule has 0 radical (unpaired) electrons. The number of hydrogen-bond donors (Lipinski definition) is 2. The number of alkyl carbamates (subject to hydrolysis) is 1. The largest absolute Gasteiger partial charge is 0.467 e. The van der Waals surface area contributed by atoms with Crippen LogP contribution in [0, 0.1) is 11.7 Å². The molecule has 0 unspecified atom stereocenters. The van der Waals surface area contributed by atoms with Gasteiger partial charge in [0.2, 0.25) is 5.91 Å². The highest BCUT2D eigenvalue weighted by molar-refractivity contribution is 5.90. The lowest BCUT2D eigenvalue weighted by molar-refractivity contribution is -0.145. The molecule has 8 heteroatoms. The third-order valence-electron chi connectivity index (χ3n) is 4.57. The number of hydrogen-bond acceptors (Lipinski definition) is 5. The smallest absolute Gasteiger partial charge is 0.408 e. The Kier molecular flexibility index (Phi) is 8.99. The number of amides is 2. The fraction of sp³-hybridized carbons (Fsp3) is 0.348. The molecule has 0 fully saturated rings. The summed E-state index contributed by atoms with van der Waals surface area (Å²) in [5.74, 6) is -1.97. The second-order valence-corrected chi connectivity index (χ2v) is 7.35. The van der Waals surface area contributed by atoms with Crippen molar-refractivity contribution in [3.63, 3.8) is 0 Å². The average molecular weight is 430 g/mol. The Balaban J connectivity index is 2.02. The van der Waals surface area contributed by atoms with Crippen LogP contribution >= 0.6 is 0 Å². The summed E-state index contributed by atoms with van der Waals surface area (Å²) in [6.45, 7) is 3.56. The van der Waals surface area contributed by atoms with Crippen molar-refractivity contribution < 1.29 is 28.2 Å². The van der Waals surface area contributed by atoms with Gasteiger partial charge in [0.1, 0.15) is 24.5 Å². The molecular formula is C23H27FN2O5. The second-order valence-electron chi connectivity index (χ2n) is 7.35. The highest BCUT2D eigenvalue weighted by Crippen LogP contribution is 2.10. The Bertz CT molecular complexity index is 889. The third kappa shape index (κ3) is 7.73. The van der Waals surface area contributed by atoms with Crippen LogP contribution in [0.1, 0.15) is 25.0 Å². The van der Waals surface area contributed by atoms with E-state index >= 15 is 0 Å². The van der Waals surface area contributed by atoms with Gasteiger partial charge in [-0.1, -0.05) is 56.3 Å².